The number of aliphatic hydroxyl groups is 1. The van der Waals surface area contributed by atoms with Crippen molar-refractivity contribution in [3.63, 3.8) is 0 Å². The molecule has 1 spiro atoms. The van der Waals surface area contributed by atoms with Crippen molar-refractivity contribution < 1.29 is 19.8 Å². The molecule has 2 N–H and O–H groups in total. The van der Waals surface area contributed by atoms with Gasteiger partial charge in [-0.1, -0.05) is 19.1 Å². The van der Waals surface area contributed by atoms with Crippen molar-refractivity contribution in [2.45, 2.75) is 58.0 Å². The lowest BCUT2D eigenvalue weighted by atomic mass is 9.57. The molecule has 5 aliphatic rings. The Labute approximate surface area is 142 Å². The van der Waals surface area contributed by atoms with Crippen molar-refractivity contribution in [1.29, 1.82) is 0 Å². The highest BCUT2D eigenvalue weighted by Gasteiger charge is 2.80. The fourth-order valence-corrected chi connectivity index (χ4v) is 8.54. The largest absolute Gasteiger partial charge is 0.481 e. The number of aliphatic hydroxyl groups excluding tert-OH is 1. The summed E-state index contributed by atoms with van der Waals surface area (Å²) in [5.74, 6) is -0.357. The van der Waals surface area contributed by atoms with E-state index in [1.165, 1.54) is 5.57 Å². The van der Waals surface area contributed by atoms with Gasteiger partial charge in [0, 0.05) is 11.8 Å². The van der Waals surface area contributed by atoms with Crippen LogP contribution in [0, 0.1) is 39.9 Å². The molecule has 130 valence electrons. The average Bonchev–Trinajstić information content (AvgIpc) is 2.92. The molecule has 0 amide bonds. The van der Waals surface area contributed by atoms with Crippen LogP contribution in [0.25, 0.3) is 0 Å². The van der Waals surface area contributed by atoms with Crippen LogP contribution in [0.1, 0.15) is 51.9 Å². The summed E-state index contributed by atoms with van der Waals surface area (Å²) in [4.78, 5) is 25.4. The number of carboxylic acid groups (broad SMARTS) is 1. The van der Waals surface area contributed by atoms with Crippen LogP contribution >= 0.6 is 0 Å². The minimum Gasteiger partial charge on any atom is -0.481 e. The molecule has 24 heavy (non-hydrogen) atoms. The predicted octanol–water partition coefficient (Wildman–Crippen LogP) is 2.80. The van der Waals surface area contributed by atoms with Gasteiger partial charge in [-0.3, -0.25) is 9.59 Å². The zero-order valence-corrected chi connectivity index (χ0v) is 14.3. The number of carboxylic acids is 1. The van der Waals surface area contributed by atoms with Crippen molar-refractivity contribution in [2.24, 2.45) is 39.9 Å². The van der Waals surface area contributed by atoms with Crippen LogP contribution in [0.3, 0.4) is 0 Å². The minimum atomic E-state index is -0.723. The number of Topliss-reactive ketones (excluding diaryl/α,β-unsaturated/α-hetero) is 1. The smallest absolute Gasteiger partial charge is 0.307 e. The summed E-state index contributed by atoms with van der Waals surface area (Å²) in [6.45, 7) is 6.20. The van der Waals surface area contributed by atoms with Crippen molar-refractivity contribution >= 4 is 11.8 Å². The third-order valence-corrected chi connectivity index (χ3v) is 8.88. The van der Waals surface area contributed by atoms with Gasteiger partial charge in [-0.15, -0.1) is 0 Å². The van der Waals surface area contributed by atoms with E-state index in [-0.39, 0.29) is 28.4 Å². The molecule has 0 saturated heterocycles. The molecule has 5 fully saturated rings. The third-order valence-electron chi connectivity index (χ3n) is 8.88. The number of aliphatic carboxylic acids is 1. The maximum Gasteiger partial charge on any atom is 0.307 e. The van der Waals surface area contributed by atoms with E-state index in [2.05, 4.69) is 6.58 Å². The molecule has 0 aromatic heterocycles. The zero-order chi connectivity index (χ0) is 17.1. The van der Waals surface area contributed by atoms with Crippen LogP contribution in [-0.2, 0) is 9.59 Å². The van der Waals surface area contributed by atoms with E-state index in [0.717, 1.165) is 25.7 Å². The lowest BCUT2D eigenvalue weighted by Gasteiger charge is -2.47. The third kappa shape index (κ3) is 1.39. The molecule has 4 heteroatoms. The fourth-order valence-electron chi connectivity index (χ4n) is 8.54. The lowest BCUT2D eigenvalue weighted by molar-refractivity contribution is -0.153. The summed E-state index contributed by atoms with van der Waals surface area (Å²) in [5.41, 5.74) is 0.0587. The van der Waals surface area contributed by atoms with Gasteiger partial charge in [-0.2, -0.15) is 0 Å². The molecule has 4 nitrogen and oxygen atoms in total. The number of rotatable bonds is 1. The van der Waals surface area contributed by atoms with Crippen LogP contribution in [0.5, 0.6) is 0 Å². The van der Waals surface area contributed by atoms with E-state index in [4.69, 9.17) is 0 Å². The number of hydrogen-bond acceptors (Lipinski definition) is 3. The predicted molar refractivity (Wildman–Crippen MR) is 87.0 cm³/mol. The quantitative estimate of drug-likeness (QED) is 0.725. The Morgan fingerprint density at radius 3 is 2.62 bits per heavy atom. The molecular weight excluding hydrogens is 304 g/mol. The first-order valence-electron chi connectivity index (χ1n) is 9.36. The Balaban J connectivity index is 1.75. The summed E-state index contributed by atoms with van der Waals surface area (Å²) in [7, 11) is 0. The molecule has 0 heterocycles. The second-order valence-electron chi connectivity index (χ2n) is 9.71. The second kappa shape index (κ2) is 4.14. The van der Waals surface area contributed by atoms with Crippen LogP contribution < -0.4 is 0 Å². The Hall–Kier alpha value is -1.16. The first-order chi connectivity index (χ1) is 11.2. The molecule has 5 aliphatic carbocycles. The van der Waals surface area contributed by atoms with Gasteiger partial charge >= 0.3 is 5.97 Å². The van der Waals surface area contributed by atoms with Crippen molar-refractivity contribution in [3.05, 3.63) is 12.2 Å². The lowest BCUT2D eigenvalue weighted by Crippen LogP contribution is -2.47. The van der Waals surface area contributed by atoms with E-state index in [9.17, 15) is 19.8 Å². The van der Waals surface area contributed by atoms with E-state index in [0.29, 0.717) is 25.2 Å². The Kier molecular flexibility index (Phi) is 2.61. The molecular formula is C20H26O4. The molecule has 0 aromatic carbocycles. The van der Waals surface area contributed by atoms with Gasteiger partial charge in [0.25, 0.3) is 0 Å². The van der Waals surface area contributed by atoms with Crippen LogP contribution in [0.15, 0.2) is 12.2 Å². The maximum absolute atomic E-state index is 12.9. The molecule has 0 radical (unpaired) electrons. The van der Waals surface area contributed by atoms with Crippen LogP contribution in [-0.4, -0.2) is 28.1 Å². The molecule has 0 aliphatic heterocycles. The first kappa shape index (κ1) is 15.1. The van der Waals surface area contributed by atoms with Gasteiger partial charge in [0.05, 0.1) is 12.0 Å². The number of carbonyl (C=O) groups is 2. The van der Waals surface area contributed by atoms with Gasteiger partial charge in [0.1, 0.15) is 5.78 Å². The van der Waals surface area contributed by atoms with Crippen LogP contribution in [0.2, 0.25) is 0 Å². The SMILES string of the molecule is C=C1CC23CC1CCC2C12CC(=O)C(C)(CC(O)C1)C2C3C(=O)O. The molecule has 8 atom stereocenters. The summed E-state index contributed by atoms with van der Waals surface area (Å²) >= 11 is 0. The van der Waals surface area contributed by atoms with Gasteiger partial charge in [-0.25, -0.2) is 0 Å². The highest BCUT2D eigenvalue weighted by atomic mass is 16.4. The van der Waals surface area contributed by atoms with E-state index < -0.39 is 23.4 Å². The Morgan fingerprint density at radius 1 is 1.17 bits per heavy atom. The molecule has 4 bridgehead atoms. The van der Waals surface area contributed by atoms with Gasteiger partial charge in [-0.05, 0) is 67.1 Å². The summed E-state index contributed by atoms with van der Waals surface area (Å²) in [5, 5.41) is 20.7. The molecule has 5 saturated carbocycles. The first-order valence-corrected chi connectivity index (χ1v) is 9.36. The van der Waals surface area contributed by atoms with Crippen molar-refractivity contribution in [3.8, 4) is 0 Å². The van der Waals surface area contributed by atoms with E-state index >= 15 is 0 Å². The fraction of sp³-hybridized carbons (Fsp3) is 0.800. The summed E-state index contributed by atoms with van der Waals surface area (Å²) in [6, 6.07) is 0. The number of allylic oxidation sites excluding steroid dienone is 1. The van der Waals surface area contributed by atoms with E-state index in [1.54, 1.807) is 0 Å². The van der Waals surface area contributed by atoms with Gasteiger partial charge in [0.2, 0.25) is 0 Å². The molecule has 5 rings (SSSR count). The highest BCUT2D eigenvalue weighted by molar-refractivity contribution is 5.91. The number of fused-ring (bicyclic) bond motifs is 1. The van der Waals surface area contributed by atoms with Gasteiger partial charge in [0.15, 0.2) is 0 Å². The number of hydrogen-bond donors (Lipinski definition) is 2. The number of ketones is 1. The minimum absolute atomic E-state index is 0.104. The number of carbonyl (C=O) groups excluding carboxylic acids is 1. The highest BCUT2D eigenvalue weighted by Crippen LogP contribution is 2.81. The molecule has 8 unspecified atom stereocenters. The summed E-state index contributed by atoms with van der Waals surface area (Å²) in [6.07, 6.45) is 4.90. The maximum atomic E-state index is 12.9. The normalized spacial score (nSPS) is 57.8. The van der Waals surface area contributed by atoms with Crippen molar-refractivity contribution in [1.82, 2.24) is 0 Å². The second-order valence-corrected chi connectivity index (χ2v) is 9.71. The Bertz CT molecular complexity index is 683. The Morgan fingerprint density at radius 2 is 1.92 bits per heavy atom. The topological polar surface area (TPSA) is 74.6 Å². The van der Waals surface area contributed by atoms with Crippen molar-refractivity contribution in [2.75, 3.05) is 0 Å². The molecule has 0 aromatic rings. The standard InChI is InChI=1S/C20H26O4/c1-10-5-19-6-11(10)3-4-13(19)20-8-12(21)7-18(2,14(22)9-20)16(20)15(19)17(23)24/h11-13,15-16,21H,1,3-9H2,2H3,(H,23,24). The van der Waals surface area contributed by atoms with E-state index in [1.807, 2.05) is 6.92 Å². The summed E-state index contributed by atoms with van der Waals surface area (Å²) < 4.78 is 0. The van der Waals surface area contributed by atoms with Crippen LogP contribution in [0.4, 0.5) is 0 Å². The average molecular weight is 330 g/mol. The van der Waals surface area contributed by atoms with Gasteiger partial charge < -0.3 is 10.2 Å². The monoisotopic (exact) mass is 330 g/mol. The zero-order valence-electron chi connectivity index (χ0n) is 14.3.